The van der Waals surface area contributed by atoms with Crippen LogP contribution < -0.4 is 4.90 Å². The van der Waals surface area contributed by atoms with E-state index in [1.54, 1.807) is 13.3 Å². The fourth-order valence-electron chi connectivity index (χ4n) is 2.19. The Kier molecular flexibility index (Phi) is 4.31. The van der Waals surface area contributed by atoms with Crippen LogP contribution in [-0.4, -0.2) is 37.6 Å². The highest BCUT2D eigenvalue weighted by Gasteiger charge is 2.32. The number of aromatic nitrogens is 1. The molecule has 0 N–H and O–H groups in total. The first-order valence-corrected chi connectivity index (χ1v) is 6.43. The van der Waals surface area contributed by atoms with Crippen LogP contribution in [0.15, 0.2) is 18.3 Å². The second-order valence-electron chi connectivity index (χ2n) is 4.83. The molecule has 2 rings (SSSR count). The number of hydrogen-bond acceptors (Lipinski definition) is 4. The first kappa shape index (κ1) is 13.0. The molecule has 0 aromatic carbocycles. The molecule has 0 saturated heterocycles. The summed E-state index contributed by atoms with van der Waals surface area (Å²) in [5.41, 5.74) is 0.615. The summed E-state index contributed by atoms with van der Waals surface area (Å²) in [6.07, 6.45) is 5.05. The van der Waals surface area contributed by atoms with E-state index in [9.17, 15) is 4.79 Å². The van der Waals surface area contributed by atoms with Gasteiger partial charge in [-0.25, -0.2) is 4.98 Å². The number of hydrogen-bond donors (Lipinski definition) is 0. The fraction of sp³-hybridized carbons (Fsp3) is 0.571. The van der Waals surface area contributed by atoms with Crippen LogP contribution in [0.2, 0.25) is 0 Å². The molecule has 1 aliphatic carbocycles. The molecule has 1 aliphatic rings. The van der Waals surface area contributed by atoms with Crippen LogP contribution in [0, 0.1) is 5.92 Å². The largest absolute Gasteiger partial charge is 0.383 e. The van der Waals surface area contributed by atoms with Crippen molar-refractivity contribution in [2.45, 2.75) is 25.8 Å². The van der Waals surface area contributed by atoms with Gasteiger partial charge in [-0.15, -0.1) is 0 Å². The van der Waals surface area contributed by atoms with Crippen molar-refractivity contribution in [3.63, 3.8) is 0 Å². The van der Waals surface area contributed by atoms with Crippen molar-refractivity contribution in [1.82, 2.24) is 4.98 Å². The average Bonchev–Trinajstić information content (AvgIpc) is 3.24. The third-order valence-electron chi connectivity index (χ3n) is 3.53. The van der Waals surface area contributed by atoms with E-state index in [4.69, 9.17) is 4.74 Å². The molecule has 0 spiro atoms. The van der Waals surface area contributed by atoms with Gasteiger partial charge >= 0.3 is 0 Å². The molecule has 1 saturated carbocycles. The van der Waals surface area contributed by atoms with Gasteiger partial charge in [-0.3, -0.25) is 4.79 Å². The number of methoxy groups -OCH3 is 1. The van der Waals surface area contributed by atoms with Crippen LogP contribution in [-0.2, 0) is 4.74 Å². The van der Waals surface area contributed by atoms with Crippen molar-refractivity contribution in [3.8, 4) is 0 Å². The Labute approximate surface area is 108 Å². The Balaban J connectivity index is 2.12. The van der Waals surface area contributed by atoms with Gasteiger partial charge < -0.3 is 9.64 Å². The van der Waals surface area contributed by atoms with E-state index in [0.717, 1.165) is 24.6 Å². The Morgan fingerprint density at radius 3 is 2.83 bits per heavy atom. The number of carbonyl (C=O) groups is 1. The third kappa shape index (κ3) is 3.07. The monoisotopic (exact) mass is 248 g/mol. The number of rotatable bonds is 7. The van der Waals surface area contributed by atoms with Crippen LogP contribution in [0.3, 0.4) is 0 Å². The van der Waals surface area contributed by atoms with Gasteiger partial charge in [-0.1, -0.05) is 0 Å². The van der Waals surface area contributed by atoms with Gasteiger partial charge in [0.05, 0.1) is 6.61 Å². The summed E-state index contributed by atoms with van der Waals surface area (Å²) in [6.45, 7) is 3.76. The summed E-state index contributed by atoms with van der Waals surface area (Å²) in [6, 6.07) is 4.21. The molecule has 1 fully saturated rings. The average molecular weight is 248 g/mol. The molecule has 98 valence electrons. The second-order valence-corrected chi connectivity index (χ2v) is 4.83. The molecule has 18 heavy (non-hydrogen) atoms. The van der Waals surface area contributed by atoms with Crippen molar-refractivity contribution in [2.75, 3.05) is 25.2 Å². The molecule has 0 bridgehead atoms. The second kappa shape index (κ2) is 5.96. The van der Waals surface area contributed by atoms with Crippen LogP contribution in [0.5, 0.6) is 0 Å². The molecule has 0 amide bonds. The number of anilines is 1. The highest BCUT2D eigenvalue weighted by molar-refractivity contribution is 5.74. The Morgan fingerprint density at radius 2 is 2.33 bits per heavy atom. The topological polar surface area (TPSA) is 42.4 Å². The Bertz CT molecular complexity index is 387. The number of ether oxygens (including phenoxy) is 1. The van der Waals surface area contributed by atoms with E-state index in [-0.39, 0.29) is 0 Å². The smallest absolute Gasteiger partial charge is 0.151 e. The van der Waals surface area contributed by atoms with Crippen molar-refractivity contribution in [2.24, 2.45) is 5.92 Å². The standard InChI is InChI=1S/C14H20N2O2/c1-11(13-4-5-13)16(7-8-18-2)14-6-3-12(10-17)9-15-14/h3,6,9-11,13H,4-5,7-8H2,1-2H3. The van der Waals surface area contributed by atoms with Gasteiger partial charge in [0.25, 0.3) is 0 Å². The van der Waals surface area contributed by atoms with Gasteiger partial charge in [0.2, 0.25) is 0 Å². The highest BCUT2D eigenvalue weighted by Crippen LogP contribution is 2.36. The van der Waals surface area contributed by atoms with E-state index in [2.05, 4.69) is 16.8 Å². The van der Waals surface area contributed by atoms with Crippen molar-refractivity contribution in [1.29, 1.82) is 0 Å². The predicted molar refractivity (Wildman–Crippen MR) is 71.0 cm³/mol. The lowest BCUT2D eigenvalue weighted by Gasteiger charge is -2.30. The summed E-state index contributed by atoms with van der Waals surface area (Å²) in [5, 5.41) is 0. The molecule has 4 nitrogen and oxygen atoms in total. The van der Waals surface area contributed by atoms with Crippen molar-refractivity contribution >= 4 is 12.1 Å². The van der Waals surface area contributed by atoms with Crippen LogP contribution >= 0.6 is 0 Å². The SMILES string of the molecule is COCCN(c1ccc(C=O)cn1)C(C)C1CC1. The summed E-state index contributed by atoms with van der Waals surface area (Å²) in [4.78, 5) is 17.3. The molecular formula is C14H20N2O2. The molecule has 1 heterocycles. The van der Waals surface area contributed by atoms with Gasteiger partial charge in [0.1, 0.15) is 5.82 Å². The minimum atomic E-state index is 0.481. The summed E-state index contributed by atoms with van der Waals surface area (Å²) in [7, 11) is 1.71. The Morgan fingerprint density at radius 1 is 1.56 bits per heavy atom. The maximum absolute atomic E-state index is 10.6. The lowest BCUT2D eigenvalue weighted by Crippen LogP contribution is -2.37. The molecule has 0 radical (unpaired) electrons. The molecular weight excluding hydrogens is 228 g/mol. The van der Waals surface area contributed by atoms with E-state index in [0.29, 0.717) is 18.2 Å². The normalized spacial score (nSPS) is 16.3. The van der Waals surface area contributed by atoms with E-state index >= 15 is 0 Å². The maximum atomic E-state index is 10.6. The number of aldehydes is 1. The first-order chi connectivity index (χ1) is 8.76. The van der Waals surface area contributed by atoms with Crippen LogP contribution in [0.4, 0.5) is 5.82 Å². The zero-order valence-corrected chi connectivity index (χ0v) is 11.0. The summed E-state index contributed by atoms with van der Waals surface area (Å²) in [5.74, 6) is 1.70. The summed E-state index contributed by atoms with van der Waals surface area (Å²) >= 11 is 0. The molecule has 1 unspecified atom stereocenters. The third-order valence-corrected chi connectivity index (χ3v) is 3.53. The highest BCUT2D eigenvalue weighted by atomic mass is 16.5. The van der Waals surface area contributed by atoms with Gasteiger partial charge in [-0.05, 0) is 37.8 Å². The first-order valence-electron chi connectivity index (χ1n) is 6.43. The van der Waals surface area contributed by atoms with Gasteiger partial charge in [-0.2, -0.15) is 0 Å². The maximum Gasteiger partial charge on any atom is 0.151 e. The quantitative estimate of drug-likeness (QED) is 0.693. The lowest BCUT2D eigenvalue weighted by molar-refractivity contribution is 0.112. The Hall–Kier alpha value is -1.42. The molecule has 4 heteroatoms. The van der Waals surface area contributed by atoms with Crippen LogP contribution in [0.1, 0.15) is 30.1 Å². The molecule has 1 atom stereocenters. The number of pyridine rings is 1. The van der Waals surface area contributed by atoms with E-state index in [1.165, 1.54) is 12.8 Å². The zero-order valence-electron chi connectivity index (χ0n) is 11.0. The minimum Gasteiger partial charge on any atom is -0.383 e. The van der Waals surface area contributed by atoms with Crippen molar-refractivity contribution in [3.05, 3.63) is 23.9 Å². The van der Waals surface area contributed by atoms with Crippen molar-refractivity contribution < 1.29 is 9.53 Å². The molecule has 0 aliphatic heterocycles. The predicted octanol–water partition coefficient (Wildman–Crippen LogP) is 2.15. The lowest BCUT2D eigenvalue weighted by atomic mass is 10.1. The van der Waals surface area contributed by atoms with Gasteiger partial charge in [0.15, 0.2) is 6.29 Å². The van der Waals surface area contributed by atoms with Gasteiger partial charge in [0, 0.05) is 31.5 Å². The number of carbonyl (C=O) groups excluding carboxylic acids is 1. The zero-order chi connectivity index (χ0) is 13.0. The van der Waals surface area contributed by atoms with Crippen LogP contribution in [0.25, 0.3) is 0 Å². The van der Waals surface area contributed by atoms with E-state index < -0.39 is 0 Å². The van der Waals surface area contributed by atoms with E-state index in [1.807, 2.05) is 12.1 Å². The summed E-state index contributed by atoms with van der Waals surface area (Å²) < 4.78 is 5.16. The number of nitrogens with zero attached hydrogens (tertiary/aromatic N) is 2. The molecule has 1 aromatic heterocycles. The minimum absolute atomic E-state index is 0.481. The fourth-order valence-corrected chi connectivity index (χ4v) is 2.19. The molecule has 1 aromatic rings.